The van der Waals surface area contributed by atoms with Gasteiger partial charge in [0.05, 0.1) is 6.04 Å². The Morgan fingerprint density at radius 2 is 2.22 bits per heavy atom. The van der Waals surface area contributed by atoms with E-state index in [1.54, 1.807) is 18.6 Å². The Morgan fingerprint density at radius 3 is 2.94 bits per heavy atom. The molecule has 0 saturated heterocycles. The summed E-state index contributed by atoms with van der Waals surface area (Å²) in [6, 6.07) is 4.00. The molecule has 18 heavy (non-hydrogen) atoms. The Hall–Kier alpha value is -2.37. The zero-order valence-electron chi connectivity index (χ0n) is 9.58. The van der Waals surface area contributed by atoms with Gasteiger partial charge in [-0.2, -0.15) is 0 Å². The monoisotopic (exact) mass is 244 g/mol. The van der Waals surface area contributed by atoms with Crippen molar-refractivity contribution in [2.45, 2.75) is 12.5 Å². The number of rotatable bonds is 2. The molecule has 1 unspecified atom stereocenters. The number of aromatic carboxylic acids is 1. The molecule has 92 valence electrons. The van der Waals surface area contributed by atoms with Crippen LogP contribution in [-0.2, 0) is 0 Å². The number of nitrogens with zero attached hydrogens (tertiary/aromatic N) is 3. The van der Waals surface area contributed by atoms with Crippen molar-refractivity contribution < 1.29 is 9.90 Å². The Labute approximate surface area is 103 Å². The van der Waals surface area contributed by atoms with Gasteiger partial charge in [-0.05, 0) is 24.1 Å². The van der Waals surface area contributed by atoms with Crippen molar-refractivity contribution in [3.05, 3.63) is 42.0 Å². The summed E-state index contributed by atoms with van der Waals surface area (Å²) in [7, 11) is 0. The molecule has 0 aromatic carbocycles. The molecule has 1 aliphatic heterocycles. The van der Waals surface area contributed by atoms with E-state index in [0.29, 0.717) is 5.95 Å². The summed E-state index contributed by atoms with van der Waals surface area (Å²) in [5, 5.41) is 12.1. The van der Waals surface area contributed by atoms with Gasteiger partial charge in [-0.15, -0.1) is 0 Å². The van der Waals surface area contributed by atoms with Crippen LogP contribution in [0.25, 0.3) is 0 Å². The highest BCUT2D eigenvalue weighted by molar-refractivity contribution is 5.85. The van der Waals surface area contributed by atoms with E-state index in [-0.39, 0.29) is 11.7 Å². The average molecular weight is 244 g/mol. The van der Waals surface area contributed by atoms with Gasteiger partial charge in [-0.25, -0.2) is 9.78 Å². The molecule has 0 aliphatic carbocycles. The summed E-state index contributed by atoms with van der Waals surface area (Å²) in [5.41, 5.74) is 1.18. The highest BCUT2D eigenvalue weighted by atomic mass is 16.4. The molecule has 2 N–H and O–H groups in total. The van der Waals surface area contributed by atoms with Gasteiger partial charge in [0, 0.05) is 25.1 Å². The number of fused-ring (bicyclic) bond motifs is 1. The molecule has 0 saturated carbocycles. The summed E-state index contributed by atoms with van der Waals surface area (Å²) in [6.07, 6.45) is 5.96. The number of anilines is 1. The van der Waals surface area contributed by atoms with Crippen LogP contribution >= 0.6 is 0 Å². The van der Waals surface area contributed by atoms with Gasteiger partial charge >= 0.3 is 5.97 Å². The van der Waals surface area contributed by atoms with E-state index in [0.717, 1.165) is 18.5 Å². The molecule has 1 aliphatic rings. The number of pyridine rings is 1. The van der Waals surface area contributed by atoms with Crippen LogP contribution in [0.2, 0.25) is 0 Å². The average Bonchev–Trinajstić information content (AvgIpc) is 2.83. The number of aromatic nitrogens is 3. The normalized spacial score (nSPS) is 17.9. The van der Waals surface area contributed by atoms with Crippen LogP contribution in [0.5, 0.6) is 0 Å². The Morgan fingerprint density at radius 1 is 1.44 bits per heavy atom. The second kappa shape index (κ2) is 4.14. The van der Waals surface area contributed by atoms with E-state index in [2.05, 4.69) is 15.3 Å². The minimum atomic E-state index is -1.01. The first-order valence-corrected chi connectivity index (χ1v) is 5.71. The zero-order chi connectivity index (χ0) is 12.5. The molecule has 6 nitrogen and oxygen atoms in total. The second-order valence-electron chi connectivity index (χ2n) is 4.17. The molecule has 3 rings (SSSR count). The topological polar surface area (TPSA) is 80.0 Å². The number of hydrogen-bond donors (Lipinski definition) is 2. The fraction of sp³-hybridized carbons (Fsp3) is 0.250. The Kier molecular flexibility index (Phi) is 2.47. The van der Waals surface area contributed by atoms with Crippen molar-refractivity contribution in [2.24, 2.45) is 0 Å². The van der Waals surface area contributed by atoms with E-state index >= 15 is 0 Å². The van der Waals surface area contributed by atoms with Gasteiger partial charge in [0.2, 0.25) is 5.95 Å². The van der Waals surface area contributed by atoms with E-state index in [4.69, 9.17) is 5.11 Å². The number of imidazole rings is 1. The van der Waals surface area contributed by atoms with Crippen LogP contribution < -0.4 is 5.32 Å². The summed E-state index contributed by atoms with van der Waals surface area (Å²) in [6.45, 7) is 0.781. The molecule has 3 heterocycles. The molecular weight excluding hydrogens is 232 g/mol. The third kappa shape index (κ3) is 1.71. The first-order valence-electron chi connectivity index (χ1n) is 5.71. The number of hydrogen-bond acceptors (Lipinski definition) is 4. The lowest BCUT2D eigenvalue weighted by atomic mass is 10.0. The van der Waals surface area contributed by atoms with Gasteiger partial charge in [-0.1, -0.05) is 0 Å². The first kappa shape index (κ1) is 10.8. The molecule has 0 bridgehead atoms. The van der Waals surface area contributed by atoms with Gasteiger partial charge in [0.1, 0.15) is 0 Å². The lowest BCUT2D eigenvalue weighted by Gasteiger charge is -2.26. The molecule has 0 spiro atoms. The molecule has 1 atom stereocenters. The van der Waals surface area contributed by atoms with Crippen LogP contribution in [0.15, 0.2) is 30.7 Å². The second-order valence-corrected chi connectivity index (χ2v) is 4.17. The van der Waals surface area contributed by atoms with Crippen LogP contribution in [0, 0.1) is 0 Å². The van der Waals surface area contributed by atoms with Crippen molar-refractivity contribution >= 4 is 11.9 Å². The van der Waals surface area contributed by atoms with E-state index in [1.165, 1.54) is 0 Å². The standard InChI is InChI=1S/C12H12N4O2/c17-11(18)9-7-16-10(3-6-14-12(16)15-9)8-1-4-13-5-2-8/h1-2,4-5,7,10H,3,6H2,(H,14,15)(H,17,18). The number of carboxylic acid groups (broad SMARTS) is 1. The minimum absolute atomic E-state index is 0.0680. The maximum Gasteiger partial charge on any atom is 0.356 e. The highest BCUT2D eigenvalue weighted by Crippen LogP contribution is 2.29. The fourth-order valence-electron chi connectivity index (χ4n) is 2.24. The molecule has 2 aromatic rings. The van der Waals surface area contributed by atoms with E-state index < -0.39 is 5.97 Å². The minimum Gasteiger partial charge on any atom is -0.476 e. The van der Waals surface area contributed by atoms with Gasteiger partial charge in [-0.3, -0.25) is 4.98 Å². The number of nitrogens with one attached hydrogen (secondary N) is 1. The van der Waals surface area contributed by atoms with Crippen molar-refractivity contribution in [3.8, 4) is 0 Å². The summed E-state index contributed by atoms with van der Waals surface area (Å²) < 4.78 is 1.88. The SMILES string of the molecule is O=C(O)c1cn2c(n1)NCCC2c1ccncc1. The summed E-state index contributed by atoms with van der Waals surface area (Å²) in [5.74, 6) is -0.396. The van der Waals surface area contributed by atoms with E-state index in [1.807, 2.05) is 16.7 Å². The lowest BCUT2D eigenvalue weighted by molar-refractivity contribution is 0.0691. The van der Waals surface area contributed by atoms with Gasteiger partial charge in [0.15, 0.2) is 5.69 Å². The third-order valence-corrected chi connectivity index (χ3v) is 3.08. The maximum atomic E-state index is 10.9. The van der Waals surface area contributed by atoms with Crippen molar-refractivity contribution in [3.63, 3.8) is 0 Å². The predicted octanol–water partition coefficient (Wildman–Crippen LogP) is 1.38. The quantitative estimate of drug-likeness (QED) is 0.834. The zero-order valence-corrected chi connectivity index (χ0v) is 9.58. The van der Waals surface area contributed by atoms with Crippen LogP contribution in [-0.4, -0.2) is 32.2 Å². The molecule has 0 fully saturated rings. The Bertz CT molecular complexity index is 579. The fourth-order valence-corrected chi connectivity index (χ4v) is 2.24. The highest BCUT2D eigenvalue weighted by Gasteiger charge is 2.24. The first-order chi connectivity index (χ1) is 8.75. The van der Waals surface area contributed by atoms with Gasteiger partial charge in [0.25, 0.3) is 0 Å². The van der Waals surface area contributed by atoms with Crippen molar-refractivity contribution in [2.75, 3.05) is 11.9 Å². The number of carboxylic acids is 1. The van der Waals surface area contributed by atoms with Crippen molar-refractivity contribution in [1.29, 1.82) is 0 Å². The summed E-state index contributed by atoms with van der Waals surface area (Å²) in [4.78, 5) is 19.0. The smallest absolute Gasteiger partial charge is 0.356 e. The van der Waals surface area contributed by atoms with Crippen molar-refractivity contribution in [1.82, 2.24) is 14.5 Å². The molecule has 0 radical (unpaired) electrons. The van der Waals surface area contributed by atoms with Crippen LogP contribution in [0.3, 0.4) is 0 Å². The molecular formula is C12H12N4O2. The lowest BCUT2D eigenvalue weighted by Crippen LogP contribution is -2.23. The number of carbonyl (C=O) groups is 1. The maximum absolute atomic E-state index is 10.9. The largest absolute Gasteiger partial charge is 0.476 e. The van der Waals surface area contributed by atoms with Crippen LogP contribution in [0.1, 0.15) is 28.5 Å². The predicted molar refractivity (Wildman–Crippen MR) is 64.7 cm³/mol. The summed E-state index contributed by atoms with van der Waals surface area (Å²) >= 11 is 0. The third-order valence-electron chi connectivity index (χ3n) is 3.08. The van der Waals surface area contributed by atoms with Crippen LogP contribution in [0.4, 0.5) is 5.95 Å². The molecule has 6 heteroatoms. The Balaban J connectivity index is 2.04. The van der Waals surface area contributed by atoms with E-state index in [9.17, 15) is 4.79 Å². The molecule has 0 amide bonds. The van der Waals surface area contributed by atoms with Gasteiger partial charge < -0.3 is 15.0 Å². The molecule has 2 aromatic heterocycles.